The molecule has 0 aliphatic heterocycles. The van der Waals surface area contributed by atoms with E-state index < -0.39 is 5.97 Å². The molecule has 0 aliphatic rings. The van der Waals surface area contributed by atoms with Crippen molar-refractivity contribution in [3.05, 3.63) is 57.3 Å². The van der Waals surface area contributed by atoms with Crippen molar-refractivity contribution in [2.75, 3.05) is 5.73 Å². The molecule has 0 amide bonds. The number of pyridine rings is 1. The van der Waals surface area contributed by atoms with Crippen LogP contribution in [-0.4, -0.2) is 11.0 Å². The van der Waals surface area contributed by atoms with Gasteiger partial charge in [0.25, 0.3) is 0 Å². The number of rotatable bonds is 3. The van der Waals surface area contributed by atoms with Crippen molar-refractivity contribution in [2.45, 2.75) is 13.5 Å². The summed E-state index contributed by atoms with van der Waals surface area (Å²) in [5.74, 6) is -0.529. The van der Waals surface area contributed by atoms with E-state index >= 15 is 0 Å². The molecule has 0 bridgehead atoms. The molecule has 0 aliphatic carbocycles. The Hall–Kier alpha value is -1.78. The molecule has 1 heterocycles. The number of carbonyl (C=O) groups is 1. The van der Waals surface area contributed by atoms with Gasteiger partial charge in [0.1, 0.15) is 6.61 Å². The van der Waals surface area contributed by atoms with Gasteiger partial charge in [-0.15, -0.1) is 0 Å². The second-order valence-corrected chi connectivity index (χ2v) is 4.99. The number of nitrogens with zero attached hydrogens (tertiary/aromatic N) is 1. The van der Waals surface area contributed by atoms with Crippen LogP contribution < -0.4 is 5.73 Å². The maximum Gasteiger partial charge on any atom is 0.338 e. The Morgan fingerprint density at radius 3 is 2.75 bits per heavy atom. The number of aromatic nitrogens is 1. The monoisotopic (exact) mass is 310 g/mol. The van der Waals surface area contributed by atoms with Gasteiger partial charge >= 0.3 is 5.97 Å². The number of hydrogen-bond acceptors (Lipinski definition) is 4. The second kappa shape index (κ2) is 6.11. The Morgan fingerprint density at radius 1 is 1.35 bits per heavy atom. The summed E-state index contributed by atoms with van der Waals surface area (Å²) >= 11 is 11.7. The van der Waals surface area contributed by atoms with E-state index in [-0.39, 0.29) is 27.9 Å². The van der Waals surface area contributed by atoms with Crippen LogP contribution in [0.5, 0.6) is 0 Å². The minimum absolute atomic E-state index is 0.0840. The molecule has 0 atom stereocenters. The number of carbonyl (C=O) groups excluding carboxylic acids is 1. The van der Waals surface area contributed by atoms with Crippen molar-refractivity contribution in [1.29, 1.82) is 0 Å². The first kappa shape index (κ1) is 14.6. The lowest BCUT2D eigenvalue weighted by Crippen LogP contribution is -2.07. The van der Waals surface area contributed by atoms with Crippen LogP contribution in [0.15, 0.2) is 30.3 Å². The first-order chi connectivity index (χ1) is 9.47. The molecular weight excluding hydrogens is 299 g/mol. The van der Waals surface area contributed by atoms with Crippen molar-refractivity contribution < 1.29 is 9.53 Å². The van der Waals surface area contributed by atoms with Crippen molar-refractivity contribution in [1.82, 2.24) is 4.98 Å². The lowest BCUT2D eigenvalue weighted by atomic mass is 10.2. The minimum Gasteiger partial charge on any atom is -0.456 e. The van der Waals surface area contributed by atoms with E-state index in [1.165, 1.54) is 12.1 Å². The summed E-state index contributed by atoms with van der Waals surface area (Å²) in [5, 5.41) is 0.441. The van der Waals surface area contributed by atoms with E-state index in [4.69, 9.17) is 33.7 Å². The van der Waals surface area contributed by atoms with Crippen LogP contribution in [0.3, 0.4) is 0 Å². The molecule has 1 aromatic carbocycles. The largest absolute Gasteiger partial charge is 0.456 e. The number of esters is 1. The van der Waals surface area contributed by atoms with E-state index in [0.717, 1.165) is 5.69 Å². The first-order valence-corrected chi connectivity index (χ1v) is 6.57. The Kier molecular flexibility index (Phi) is 4.47. The Morgan fingerprint density at radius 2 is 2.10 bits per heavy atom. The van der Waals surface area contributed by atoms with Gasteiger partial charge < -0.3 is 10.5 Å². The highest BCUT2D eigenvalue weighted by molar-refractivity contribution is 6.43. The van der Waals surface area contributed by atoms with Crippen LogP contribution in [0.25, 0.3) is 0 Å². The normalized spacial score (nSPS) is 10.3. The molecule has 0 saturated heterocycles. The third kappa shape index (κ3) is 3.40. The molecule has 4 nitrogen and oxygen atoms in total. The zero-order valence-electron chi connectivity index (χ0n) is 10.7. The Bertz CT molecular complexity index is 636. The average Bonchev–Trinajstić information content (AvgIpc) is 2.41. The summed E-state index contributed by atoms with van der Waals surface area (Å²) in [6.07, 6.45) is 0. The van der Waals surface area contributed by atoms with Crippen LogP contribution in [0.2, 0.25) is 10.0 Å². The molecule has 0 spiro atoms. The lowest BCUT2D eigenvalue weighted by molar-refractivity contribution is 0.0467. The fourth-order valence-corrected chi connectivity index (χ4v) is 1.97. The molecule has 1 aromatic heterocycles. The zero-order valence-corrected chi connectivity index (χ0v) is 12.2. The zero-order chi connectivity index (χ0) is 14.7. The fourth-order valence-electron chi connectivity index (χ4n) is 1.63. The summed E-state index contributed by atoms with van der Waals surface area (Å²) in [5.41, 5.74) is 7.67. The predicted octanol–water partition coefficient (Wildman–Crippen LogP) is 3.64. The van der Waals surface area contributed by atoms with Gasteiger partial charge in [0.15, 0.2) is 0 Å². The maximum atomic E-state index is 11.9. The molecule has 0 saturated carbocycles. The molecule has 104 valence electrons. The van der Waals surface area contributed by atoms with Gasteiger partial charge in [-0.1, -0.05) is 29.3 Å². The fraction of sp³-hybridized carbons (Fsp3) is 0.143. The highest BCUT2D eigenvalue weighted by Crippen LogP contribution is 2.29. The number of anilines is 1. The topological polar surface area (TPSA) is 65.2 Å². The highest BCUT2D eigenvalue weighted by atomic mass is 35.5. The summed E-state index contributed by atoms with van der Waals surface area (Å²) < 4.78 is 5.16. The number of hydrogen-bond donors (Lipinski definition) is 1. The van der Waals surface area contributed by atoms with Gasteiger partial charge in [0.05, 0.1) is 27.0 Å². The number of halogens is 2. The van der Waals surface area contributed by atoms with E-state index in [9.17, 15) is 4.79 Å². The van der Waals surface area contributed by atoms with Gasteiger partial charge in [0, 0.05) is 5.69 Å². The Labute approximate surface area is 126 Å². The van der Waals surface area contributed by atoms with E-state index in [1.54, 1.807) is 6.07 Å². The van der Waals surface area contributed by atoms with Crippen LogP contribution in [0, 0.1) is 6.92 Å². The van der Waals surface area contributed by atoms with Crippen molar-refractivity contribution in [3.63, 3.8) is 0 Å². The number of aryl methyl sites for hydroxylation is 1. The van der Waals surface area contributed by atoms with Crippen molar-refractivity contribution in [2.24, 2.45) is 0 Å². The van der Waals surface area contributed by atoms with Crippen molar-refractivity contribution in [3.8, 4) is 0 Å². The highest BCUT2D eigenvalue weighted by Gasteiger charge is 2.13. The second-order valence-electron chi connectivity index (χ2n) is 4.21. The van der Waals surface area contributed by atoms with Crippen LogP contribution in [-0.2, 0) is 11.3 Å². The van der Waals surface area contributed by atoms with Gasteiger partial charge in [0.2, 0.25) is 0 Å². The minimum atomic E-state index is -0.529. The van der Waals surface area contributed by atoms with E-state index in [0.29, 0.717) is 5.69 Å². The van der Waals surface area contributed by atoms with Gasteiger partial charge in [-0.3, -0.25) is 4.98 Å². The van der Waals surface area contributed by atoms with Crippen LogP contribution in [0.4, 0.5) is 5.69 Å². The van der Waals surface area contributed by atoms with Crippen LogP contribution in [0.1, 0.15) is 21.7 Å². The first-order valence-electron chi connectivity index (χ1n) is 5.81. The number of nitrogen functional groups attached to an aromatic ring is 1. The summed E-state index contributed by atoms with van der Waals surface area (Å²) in [6, 6.07) is 8.35. The third-order valence-electron chi connectivity index (χ3n) is 2.59. The SMILES string of the molecule is Cc1cccc(COC(=O)c2cc(N)c(Cl)c(Cl)c2)n1. The van der Waals surface area contributed by atoms with Gasteiger partial charge in [-0.05, 0) is 31.2 Å². The molecular formula is C14H12Cl2N2O2. The lowest BCUT2D eigenvalue weighted by Gasteiger charge is -2.07. The van der Waals surface area contributed by atoms with Gasteiger partial charge in [-0.2, -0.15) is 0 Å². The molecule has 0 unspecified atom stereocenters. The predicted molar refractivity (Wildman–Crippen MR) is 79.0 cm³/mol. The molecule has 2 aromatic rings. The van der Waals surface area contributed by atoms with Crippen LogP contribution >= 0.6 is 23.2 Å². The average molecular weight is 311 g/mol. The number of benzene rings is 1. The third-order valence-corrected chi connectivity index (χ3v) is 3.41. The molecule has 0 fully saturated rings. The van der Waals surface area contributed by atoms with E-state index in [1.807, 2.05) is 19.1 Å². The standard InChI is InChI=1S/C14H12Cl2N2O2/c1-8-3-2-4-10(18-8)7-20-14(19)9-5-11(15)13(16)12(17)6-9/h2-6H,7,17H2,1H3. The maximum absolute atomic E-state index is 11.9. The molecule has 0 radical (unpaired) electrons. The smallest absolute Gasteiger partial charge is 0.338 e. The number of ether oxygens (including phenoxy) is 1. The molecule has 6 heteroatoms. The molecule has 2 rings (SSSR count). The van der Waals surface area contributed by atoms with Crippen molar-refractivity contribution >= 4 is 34.9 Å². The molecule has 20 heavy (non-hydrogen) atoms. The molecule has 2 N–H and O–H groups in total. The summed E-state index contributed by atoms with van der Waals surface area (Å²) in [7, 11) is 0. The van der Waals surface area contributed by atoms with Gasteiger partial charge in [-0.25, -0.2) is 4.79 Å². The Balaban J connectivity index is 2.09. The number of nitrogens with two attached hydrogens (primary N) is 1. The summed E-state index contributed by atoms with van der Waals surface area (Å²) in [4.78, 5) is 16.2. The van der Waals surface area contributed by atoms with E-state index in [2.05, 4.69) is 4.98 Å². The quantitative estimate of drug-likeness (QED) is 0.694. The summed E-state index contributed by atoms with van der Waals surface area (Å²) in [6.45, 7) is 1.95.